The summed E-state index contributed by atoms with van der Waals surface area (Å²) in [5.74, 6) is -0.640. The van der Waals surface area contributed by atoms with Gasteiger partial charge in [-0.2, -0.15) is 5.10 Å². The Hall–Kier alpha value is -2.15. The van der Waals surface area contributed by atoms with Gasteiger partial charge >= 0.3 is 0 Å². The molecule has 0 radical (unpaired) electrons. The highest BCUT2D eigenvalue weighted by Gasteiger charge is 2.35. The molecule has 1 heterocycles. The maximum absolute atomic E-state index is 13.4. The van der Waals surface area contributed by atoms with Gasteiger partial charge in [-0.25, -0.2) is 4.39 Å². The first-order valence-electron chi connectivity index (χ1n) is 9.98. The van der Waals surface area contributed by atoms with Gasteiger partial charge < -0.3 is 10.4 Å². The van der Waals surface area contributed by atoms with E-state index in [2.05, 4.69) is 10.4 Å². The maximum Gasteiger partial charge on any atom is 0.267 e. The van der Waals surface area contributed by atoms with Crippen LogP contribution in [0.25, 0.3) is 0 Å². The molecule has 158 valence electrons. The minimum absolute atomic E-state index is 0.272. The Morgan fingerprint density at radius 3 is 2.57 bits per heavy atom. The lowest BCUT2D eigenvalue weighted by Gasteiger charge is -2.28. The van der Waals surface area contributed by atoms with E-state index < -0.39 is 6.10 Å². The SMILES string of the molecule is O=C(N[C@H]1CCCC[C@@H]1O)C1=NN(c2ccc(Cl)cc2Cl)C(c2ccc(F)cc2)C1. The summed E-state index contributed by atoms with van der Waals surface area (Å²) in [6.45, 7) is 0. The van der Waals surface area contributed by atoms with Crippen LogP contribution in [0.3, 0.4) is 0 Å². The smallest absolute Gasteiger partial charge is 0.267 e. The largest absolute Gasteiger partial charge is 0.391 e. The standard InChI is InChI=1S/C22H22Cl2FN3O2/c23-14-7-10-19(16(24)11-14)28-20(13-5-8-15(25)9-6-13)12-18(27-28)22(30)26-17-3-1-2-4-21(17)29/h5-11,17,20-21,29H,1-4,12H2,(H,26,30)/t17-,20?,21-/m0/s1. The molecular weight excluding hydrogens is 428 g/mol. The molecule has 1 amide bonds. The number of nitrogens with one attached hydrogen (secondary N) is 1. The third kappa shape index (κ3) is 4.46. The van der Waals surface area contributed by atoms with Gasteiger partial charge in [0.15, 0.2) is 0 Å². The number of hydrazone groups is 1. The van der Waals surface area contributed by atoms with E-state index in [1.54, 1.807) is 35.3 Å². The zero-order valence-electron chi connectivity index (χ0n) is 16.2. The number of carbonyl (C=O) groups excluding carboxylic acids is 1. The summed E-state index contributed by atoms with van der Waals surface area (Å²) in [6.07, 6.45) is 3.15. The summed E-state index contributed by atoms with van der Waals surface area (Å²) in [6, 6.07) is 10.6. The zero-order valence-corrected chi connectivity index (χ0v) is 17.7. The van der Waals surface area contributed by atoms with Crippen molar-refractivity contribution < 1.29 is 14.3 Å². The van der Waals surface area contributed by atoms with E-state index in [-0.39, 0.29) is 23.8 Å². The molecule has 4 rings (SSSR count). The molecule has 1 unspecified atom stereocenters. The number of carbonyl (C=O) groups is 1. The predicted octanol–water partition coefficient (Wildman–Crippen LogP) is 4.86. The highest BCUT2D eigenvalue weighted by Crippen LogP contribution is 2.39. The van der Waals surface area contributed by atoms with Crippen LogP contribution in [0.2, 0.25) is 10.0 Å². The molecule has 1 aliphatic heterocycles. The molecule has 1 aliphatic carbocycles. The lowest BCUT2D eigenvalue weighted by atomic mass is 9.92. The number of hydrogen-bond donors (Lipinski definition) is 2. The molecule has 5 nitrogen and oxygen atoms in total. The monoisotopic (exact) mass is 449 g/mol. The number of aliphatic hydroxyl groups is 1. The molecule has 0 aromatic heterocycles. The third-order valence-electron chi connectivity index (χ3n) is 5.63. The average molecular weight is 450 g/mol. The van der Waals surface area contributed by atoms with E-state index in [4.69, 9.17) is 23.2 Å². The van der Waals surface area contributed by atoms with E-state index >= 15 is 0 Å². The summed E-state index contributed by atoms with van der Waals surface area (Å²) in [5.41, 5.74) is 1.76. The van der Waals surface area contributed by atoms with Crippen molar-refractivity contribution in [1.29, 1.82) is 0 Å². The van der Waals surface area contributed by atoms with Crippen LogP contribution in [-0.4, -0.2) is 28.9 Å². The zero-order chi connectivity index (χ0) is 21.3. The Labute approximate surface area is 184 Å². The van der Waals surface area contributed by atoms with Crippen molar-refractivity contribution in [2.45, 2.75) is 50.3 Å². The summed E-state index contributed by atoms with van der Waals surface area (Å²) >= 11 is 12.4. The Kier molecular flexibility index (Phi) is 6.27. The van der Waals surface area contributed by atoms with Crippen LogP contribution in [0.4, 0.5) is 10.1 Å². The first-order chi connectivity index (χ1) is 14.4. The summed E-state index contributed by atoms with van der Waals surface area (Å²) in [4.78, 5) is 12.9. The van der Waals surface area contributed by atoms with Gasteiger partial charge in [-0.05, 0) is 48.7 Å². The molecule has 1 saturated carbocycles. The van der Waals surface area contributed by atoms with Gasteiger partial charge in [0.2, 0.25) is 0 Å². The van der Waals surface area contributed by atoms with Gasteiger partial charge in [-0.1, -0.05) is 48.2 Å². The van der Waals surface area contributed by atoms with Crippen LogP contribution in [0, 0.1) is 5.82 Å². The van der Waals surface area contributed by atoms with Crippen molar-refractivity contribution in [2.24, 2.45) is 5.10 Å². The molecular formula is C22H22Cl2FN3O2. The number of nitrogens with zero attached hydrogens (tertiary/aromatic N) is 2. The molecule has 0 saturated heterocycles. The molecule has 2 aliphatic rings. The topological polar surface area (TPSA) is 64.9 Å². The van der Waals surface area contributed by atoms with Gasteiger partial charge in [0, 0.05) is 11.4 Å². The second-order valence-electron chi connectivity index (χ2n) is 7.69. The normalized spacial score (nSPS) is 23.9. The molecule has 3 atom stereocenters. The quantitative estimate of drug-likeness (QED) is 0.700. The summed E-state index contributed by atoms with van der Waals surface area (Å²) in [5, 5.41) is 20.2. The number of benzene rings is 2. The van der Waals surface area contributed by atoms with E-state index in [0.29, 0.717) is 34.3 Å². The van der Waals surface area contributed by atoms with Crippen LogP contribution in [0.15, 0.2) is 47.6 Å². The second-order valence-corrected chi connectivity index (χ2v) is 8.53. The highest BCUT2D eigenvalue weighted by atomic mass is 35.5. The van der Waals surface area contributed by atoms with Gasteiger partial charge in [-0.3, -0.25) is 9.80 Å². The van der Waals surface area contributed by atoms with Crippen LogP contribution >= 0.6 is 23.2 Å². The lowest BCUT2D eigenvalue weighted by Crippen LogP contribution is -2.47. The minimum atomic E-state index is -0.542. The van der Waals surface area contributed by atoms with Gasteiger partial charge in [0.05, 0.1) is 28.9 Å². The Morgan fingerprint density at radius 2 is 1.87 bits per heavy atom. The second kappa shape index (κ2) is 8.92. The molecule has 2 aromatic carbocycles. The Balaban J connectivity index is 1.63. The fourth-order valence-electron chi connectivity index (χ4n) is 4.01. The predicted molar refractivity (Wildman–Crippen MR) is 117 cm³/mol. The molecule has 1 fully saturated rings. The van der Waals surface area contributed by atoms with E-state index in [1.165, 1.54) is 12.1 Å². The van der Waals surface area contributed by atoms with Crippen molar-refractivity contribution in [3.05, 3.63) is 63.9 Å². The van der Waals surface area contributed by atoms with Crippen LogP contribution < -0.4 is 10.3 Å². The molecule has 30 heavy (non-hydrogen) atoms. The molecule has 2 aromatic rings. The van der Waals surface area contributed by atoms with Crippen molar-refractivity contribution in [2.75, 3.05) is 5.01 Å². The van der Waals surface area contributed by atoms with E-state index in [9.17, 15) is 14.3 Å². The lowest BCUT2D eigenvalue weighted by molar-refractivity contribution is -0.116. The third-order valence-corrected chi connectivity index (χ3v) is 6.17. The highest BCUT2D eigenvalue weighted by molar-refractivity contribution is 6.40. The number of amides is 1. The van der Waals surface area contributed by atoms with E-state index in [0.717, 1.165) is 24.8 Å². The van der Waals surface area contributed by atoms with E-state index in [1.807, 2.05) is 0 Å². The number of aliphatic hydroxyl groups excluding tert-OH is 1. The Bertz CT molecular complexity index is 967. The number of hydrogen-bond acceptors (Lipinski definition) is 4. The summed E-state index contributed by atoms with van der Waals surface area (Å²) in [7, 11) is 0. The summed E-state index contributed by atoms with van der Waals surface area (Å²) < 4.78 is 13.4. The van der Waals surface area contributed by atoms with Crippen LogP contribution in [0.1, 0.15) is 43.7 Å². The first-order valence-corrected chi connectivity index (χ1v) is 10.7. The number of anilines is 1. The number of halogens is 3. The van der Waals surface area contributed by atoms with Gasteiger partial charge in [0.25, 0.3) is 5.91 Å². The average Bonchev–Trinajstić information content (AvgIpc) is 3.15. The Morgan fingerprint density at radius 1 is 1.13 bits per heavy atom. The fraction of sp³-hybridized carbons (Fsp3) is 0.364. The van der Waals surface area contributed by atoms with Crippen molar-refractivity contribution in [3.63, 3.8) is 0 Å². The molecule has 0 spiro atoms. The first kappa shape index (κ1) is 21.1. The fourth-order valence-corrected chi connectivity index (χ4v) is 4.51. The molecule has 8 heteroatoms. The van der Waals surface area contributed by atoms with Crippen molar-refractivity contribution >= 4 is 40.5 Å². The molecule has 0 bridgehead atoms. The maximum atomic E-state index is 13.4. The number of rotatable bonds is 4. The molecule has 2 N–H and O–H groups in total. The van der Waals surface area contributed by atoms with Crippen molar-refractivity contribution in [1.82, 2.24) is 5.32 Å². The minimum Gasteiger partial charge on any atom is -0.391 e. The van der Waals surface area contributed by atoms with Gasteiger partial charge in [-0.15, -0.1) is 0 Å². The van der Waals surface area contributed by atoms with Gasteiger partial charge in [0.1, 0.15) is 11.5 Å². The van der Waals surface area contributed by atoms with Crippen LogP contribution in [-0.2, 0) is 4.79 Å². The van der Waals surface area contributed by atoms with Crippen LogP contribution in [0.5, 0.6) is 0 Å². The van der Waals surface area contributed by atoms with Crippen molar-refractivity contribution in [3.8, 4) is 0 Å².